The van der Waals surface area contributed by atoms with Crippen LogP contribution in [0.15, 0.2) is 0 Å². The van der Waals surface area contributed by atoms with Gasteiger partial charge in [0.05, 0.1) is 0 Å². The van der Waals surface area contributed by atoms with Gasteiger partial charge < -0.3 is 0 Å². The normalized spacial score (nSPS) is 16.3. The maximum absolute atomic E-state index is 4.00. The summed E-state index contributed by atoms with van der Waals surface area (Å²) in [7, 11) is 0. The Balaban J connectivity index is -0.000000149. The number of hydrogen-bond donors (Lipinski definition) is 0. The summed E-state index contributed by atoms with van der Waals surface area (Å²) in [5.74, 6) is 1.04. The second-order valence-electron chi connectivity index (χ2n) is 2.74. The van der Waals surface area contributed by atoms with E-state index in [0.29, 0.717) is 0 Å². The number of terminal acetylenes is 1. The van der Waals surface area contributed by atoms with Crippen LogP contribution < -0.4 is 0 Å². The van der Waals surface area contributed by atoms with E-state index >= 15 is 0 Å². The lowest BCUT2D eigenvalue weighted by atomic mass is 9.91. The lowest BCUT2D eigenvalue weighted by molar-refractivity contribution is 0.385. The molecule has 0 N–H and O–H groups in total. The van der Waals surface area contributed by atoms with Crippen LogP contribution in [0.2, 0.25) is 0 Å². The molecule has 0 nitrogen and oxygen atoms in total. The monoisotopic (exact) mass is 156 g/mol. The zero-order valence-corrected chi connectivity index (χ0v) is 6.27. The molecular weight excluding hydrogens is 132 g/mol. The highest BCUT2D eigenvalue weighted by Gasteiger charge is 2.05. The SMILES string of the molecule is C.C.C#C.CC1CCCCC1. The first-order valence-corrected chi connectivity index (χ1v) is 3.73. The van der Waals surface area contributed by atoms with E-state index in [1.807, 2.05) is 0 Å². The molecule has 0 heterocycles. The fourth-order valence-electron chi connectivity index (χ4n) is 1.31. The molecule has 0 aliphatic heterocycles. The van der Waals surface area contributed by atoms with Crippen molar-refractivity contribution in [1.29, 1.82) is 0 Å². The first-order valence-electron chi connectivity index (χ1n) is 3.73. The molecule has 1 fully saturated rings. The molecule has 0 aromatic heterocycles. The highest BCUT2D eigenvalue weighted by molar-refractivity contribution is 4.59. The zero-order valence-electron chi connectivity index (χ0n) is 6.27. The van der Waals surface area contributed by atoms with E-state index in [-0.39, 0.29) is 14.9 Å². The van der Waals surface area contributed by atoms with Gasteiger partial charge in [0.15, 0.2) is 0 Å². The number of rotatable bonds is 0. The standard InChI is InChI=1S/C7H14.C2H2.2CH4/c1-7-5-3-2-4-6-7;1-2;;/h7H,2-6H2,1H3;1-2H;2*1H4. The molecule has 1 saturated carbocycles. The summed E-state index contributed by atoms with van der Waals surface area (Å²) in [5.41, 5.74) is 0. The fourth-order valence-corrected chi connectivity index (χ4v) is 1.31. The van der Waals surface area contributed by atoms with E-state index in [2.05, 4.69) is 19.8 Å². The lowest BCUT2D eigenvalue weighted by Crippen LogP contribution is -1.99. The molecule has 0 heteroatoms. The van der Waals surface area contributed by atoms with E-state index in [9.17, 15) is 0 Å². The smallest absolute Gasteiger partial charge is 0.0443 e. The molecule has 68 valence electrons. The Kier molecular flexibility index (Phi) is 18.8. The Morgan fingerprint density at radius 3 is 1.45 bits per heavy atom. The molecule has 1 rings (SSSR count). The van der Waals surface area contributed by atoms with Crippen molar-refractivity contribution >= 4 is 0 Å². The van der Waals surface area contributed by atoms with Crippen LogP contribution in [0.25, 0.3) is 0 Å². The van der Waals surface area contributed by atoms with Crippen LogP contribution >= 0.6 is 0 Å². The Morgan fingerprint density at radius 1 is 0.909 bits per heavy atom. The summed E-state index contributed by atoms with van der Waals surface area (Å²) < 4.78 is 0. The second-order valence-corrected chi connectivity index (χ2v) is 2.74. The van der Waals surface area contributed by atoms with Crippen molar-refractivity contribution in [2.75, 3.05) is 0 Å². The molecule has 0 saturated heterocycles. The molecule has 0 aromatic carbocycles. The van der Waals surface area contributed by atoms with Gasteiger partial charge in [0.2, 0.25) is 0 Å². The van der Waals surface area contributed by atoms with Gasteiger partial charge in [-0.25, -0.2) is 0 Å². The van der Waals surface area contributed by atoms with Gasteiger partial charge in [-0.1, -0.05) is 53.9 Å². The molecule has 0 unspecified atom stereocenters. The van der Waals surface area contributed by atoms with Crippen LogP contribution in [0, 0.1) is 18.8 Å². The average Bonchev–Trinajstić information content (AvgIpc) is 1.94. The lowest BCUT2D eigenvalue weighted by Gasteiger charge is -2.15. The molecule has 0 atom stereocenters. The Hall–Kier alpha value is -0.440. The third-order valence-electron chi connectivity index (χ3n) is 1.89. The summed E-state index contributed by atoms with van der Waals surface area (Å²) in [6.45, 7) is 2.36. The highest BCUT2D eigenvalue weighted by atomic mass is 14.1. The van der Waals surface area contributed by atoms with E-state index in [4.69, 9.17) is 0 Å². The molecule has 0 aromatic rings. The first kappa shape index (κ1) is 16.9. The van der Waals surface area contributed by atoms with E-state index in [1.54, 1.807) is 0 Å². The van der Waals surface area contributed by atoms with E-state index in [1.165, 1.54) is 32.1 Å². The van der Waals surface area contributed by atoms with Crippen LogP contribution in [-0.2, 0) is 0 Å². The third-order valence-corrected chi connectivity index (χ3v) is 1.89. The molecule has 0 radical (unpaired) electrons. The first-order chi connectivity index (χ1) is 4.39. The van der Waals surface area contributed by atoms with Crippen molar-refractivity contribution in [3.8, 4) is 12.8 Å². The van der Waals surface area contributed by atoms with Crippen molar-refractivity contribution in [1.82, 2.24) is 0 Å². The average molecular weight is 156 g/mol. The summed E-state index contributed by atoms with van der Waals surface area (Å²) in [6.07, 6.45) is 15.4. The summed E-state index contributed by atoms with van der Waals surface area (Å²) in [4.78, 5) is 0. The van der Waals surface area contributed by atoms with Gasteiger partial charge in [-0.05, 0) is 5.92 Å². The van der Waals surface area contributed by atoms with Crippen molar-refractivity contribution in [2.24, 2.45) is 5.92 Å². The molecule has 1 aliphatic carbocycles. The summed E-state index contributed by atoms with van der Waals surface area (Å²) in [6, 6.07) is 0. The Bertz CT molecular complexity index is 65.4. The predicted molar refractivity (Wildman–Crippen MR) is 55.6 cm³/mol. The van der Waals surface area contributed by atoms with Crippen LogP contribution in [0.3, 0.4) is 0 Å². The van der Waals surface area contributed by atoms with Gasteiger partial charge in [0.25, 0.3) is 0 Å². The molecule has 0 bridgehead atoms. The largest absolute Gasteiger partial charge is 0.124 e. The maximum atomic E-state index is 4.00. The fraction of sp³-hybridized carbons (Fsp3) is 0.818. The summed E-state index contributed by atoms with van der Waals surface area (Å²) >= 11 is 0. The van der Waals surface area contributed by atoms with Crippen molar-refractivity contribution in [3.05, 3.63) is 0 Å². The zero-order chi connectivity index (χ0) is 7.11. The van der Waals surface area contributed by atoms with Crippen LogP contribution in [-0.4, -0.2) is 0 Å². The minimum absolute atomic E-state index is 0. The van der Waals surface area contributed by atoms with Gasteiger partial charge in [0.1, 0.15) is 0 Å². The number of hydrogen-bond acceptors (Lipinski definition) is 0. The molecule has 0 spiro atoms. The van der Waals surface area contributed by atoms with E-state index < -0.39 is 0 Å². The quantitative estimate of drug-likeness (QED) is 0.463. The van der Waals surface area contributed by atoms with Gasteiger partial charge in [0, 0.05) is 0 Å². The Labute approximate surface area is 73.4 Å². The minimum Gasteiger partial charge on any atom is -0.124 e. The third kappa shape index (κ3) is 9.56. The van der Waals surface area contributed by atoms with E-state index in [0.717, 1.165) is 5.92 Å². The van der Waals surface area contributed by atoms with Crippen LogP contribution in [0.5, 0.6) is 0 Å². The van der Waals surface area contributed by atoms with Crippen molar-refractivity contribution < 1.29 is 0 Å². The van der Waals surface area contributed by atoms with Crippen LogP contribution in [0.1, 0.15) is 53.9 Å². The topological polar surface area (TPSA) is 0 Å². The highest BCUT2D eigenvalue weighted by Crippen LogP contribution is 2.21. The van der Waals surface area contributed by atoms with Gasteiger partial charge >= 0.3 is 0 Å². The van der Waals surface area contributed by atoms with Gasteiger partial charge in [-0.2, -0.15) is 0 Å². The molecule has 0 amide bonds. The Morgan fingerprint density at radius 2 is 1.27 bits per heavy atom. The maximum Gasteiger partial charge on any atom is -0.0443 e. The predicted octanol–water partition coefficient (Wildman–Crippen LogP) is 4.11. The van der Waals surface area contributed by atoms with Crippen LogP contribution in [0.4, 0.5) is 0 Å². The minimum atomic E-state index is 0. The molecular formula is C11H24. The van der Waals surface area contributed by atoms with Gasteiger partial charge in [-0.15, -0.1) is 12.8 Å². The van der Waals surface area contributed by atoms with Crippen molar-refractivity contribution in [3.63, 3.8) is 0 Å². The summed E-state index contributed by atoms with van der Waals surface area (Å²) in [5, 5.41) is 0. The molecule has 11 heavy (non-hydrogen) atoms. The van der Waals surface area contributed by atoms with Crippen molar-refractivity contribution in [2.45, 2.75) is 53.9 Å². The second kappa shape index (κ2) is 12.3. The molecule has 1 aliphatic rings. The van der Waals surface area contributed by atoms with Gasteiger partial charge in [-0.3, -0.25) is 0 Å².